The van der Waals surface area contributed by atoms with Crippen LogP contribution in [0.4, 0.5) is 0 Å². The van der Waals surface area contributed by atoms with Gasteiger partial charge in [-0.1, -0.05) is 6.42 Å². The molecule has 10 heteroatoms. The van der Waals surface area contributed by atoms with Gasteiger partial charge in [0.1, 0.15) is 5.76 Å². The van der Waals surface area contributed by atoms with Gasteiger partial charge in [-0.15, -0.1) is 22.9 Å². The average molecular weight is 398 g/mol. The van der Waals surface area contributed by atoms with Crippen LogP contribution in [-0.2, 0) is 9.30 Å². The van der Waals surface area contributed by atoms with E-state index in [1.165, 1.54) is 0 Å². The molecule has 1 aromatic heterocycles. The van der Waals surface area contributed by atoms with E-state index in [4.69, 9.17) is 37.7 Å². The maximum Gasteiger partial charge on any atom is 0.362 e. The minimum Gasteiger partial charge on any atom is -0.482 e. The summed E-state index contributed by atoms with van der Waals surface area (Å²) in [6, 6.07) is 0. The van der Waals surface area contributed by atoms with Crippen LogP contribution in [0.2, 0.25) is 0 Å². The molecular formula is C13H14Cl2NO5PS. The smallest absolute Gasteiger partial charge is 0.362 e. The molecule has 0 aliphatic heterocycles. The Bertz CT molecular complexity index is 817. The lowest BCUT2D eigenvalue weighted by Gasteiger charge is -2.32. The number of carbonyl (C=O) groups is 1. The number of aromatic nitrogens is 1. The highest BCUT2D eigenvalue weighted by molar-refractivity contribution is 7.51. The Morgan fingerprint density at radius 2 is 2.17 bits per heavy atom. The summed E-state index contributed by atoms with van der Waals surface area (Å²) in [6.07, 6.45) is 2.98. The second-order valence-electron chi connectivity index (χ2n) is 5.55. The first-order valence-electron chi connectivity index (χ1n) is 7.03. The topological polar surface area (TPSA) is 96.7 Å². The summed E-state index contributed by atoms with van der Waals surface area (Å²) < 4.78 is 17.0. The van der Waals surface area contributed by atoms with Crippen LogP contribution in [0.15, 0.2) is 0 Å². The number of carbonyl (C=O) groups excluding carboxylic acids is 1. The third kappa shape index (κ3) is 3.50. The molecule has 1 saturated carbocycles. The molecule has 0 spiro atoms. The molecule has 2 unspecified atom stereocenters. The molecule has 1 aromatic rings. The van der Waals surface area contributed by atoms with Crippen LogP contribution < -0.4 is 9.88 Å². The predicted octanol–water partition coefficient (Wildman–Crippen LogP) is 1.74. The Hall–Kier alpha value is -0.430. The molecule has 1 fully saturated rings. The van der Waals surface area contributed by atoms with Crippen molar-refractivity contribution < 1.29 is 23.9 Å². The fourth-order valence-corrected chi connectivity index (χ4v) is 5.00. The van der Waals surface area contributed by atoms with Crippen LogP contribution in [0.5, 0.6) is 0 Å². The Morgan fingerprint density at radius 3 is 2.83 bits per heavy atom. The highest BCUT2D eigenvalue weighted by Gasteiger charge is 2.36. The average Bonchev–Trinajstić information content (AvgIpc) is 2.91. The predicted molar refractivity (Wildman–Crippen MR) is 88.0 cm³/mol. The second-order valence-corrected chi connectivity index (χ2v) is 8.95. The van der Waals surface area contributed by atoms with Gasteiger partial charge in [0.2, 0.25) is 0 Å². The summed E-state index contributed by atoms with van der Waals surface area (Å²) in [5.74, 6) is 0.285. The Morgan fingerprint density at radius 1 is 1.43 bits per heavy atom. The number of nitrogens with zero attached hydrogens (tertiary/aromatic N) is 1. The summed E-state index contributed by atoms with van der Waals surface area (Å²) in [7, 11) is -4.34. The van der Waals surface area contributed by atoms with Crippen molar-refractivity contribution in [3.05, 3.63) is 14.9 Å². The molecule has 23 heavy (non-hydrogen) atoms. The van der Waals surface area contributed by atoms with E-state index in [0.29, 0.717) is 9.88 Å². The third-order valence-electron chi connectivity index (χ3n) is 3.97. The zero-order valence-corrected chi connectivity index (χ0v) is 15.1. The molecule has 2 aliphatic carbocycles. The van der Waals surface area contributed by atoms with Crippen LogP contribution >= 0.6 is 42.1 Å². The maximum absolute atomic E-state index is 11.4. The van der Waals surface area contributed by atoms with E-state index in [-0.39, 0.29) is 16.7 Å². The van der Waals surface area contributed by atoms with Gasteiger partial charge in [0, 0.05) is 5.92 Å². The molecule has 1 heterocycles. The molecule has 0 radical (unpaired) electrons. The number of ether oxygens (including phenoxy) is 1. The SMILES string of the molecule is O=C(Cl)c1nc2c(s1)=C(OCP(=O)(O)O)C(Cl)C1CCCCC=21. The minimum absolute atomic E-state index is 0.00469. The van der Waals surface area contributed by atoms with Crippen LogP contribution in [0.1, 0.15) is 35.5 Å². The van der Waals surface area contributed by atoms with Crippen LogP contribution in [-0.4, -0.2) is 31.7 Å². The van der Waals surface area contributed by atoms with Gasteiger partial charge in [0.15, 0.2) is 11.4 Å². The molecule has 126 valence electrons. The van der Waals surface area contributed by atoms with Crippen molar-refractivity contribution in [3.8, 4) is 0 Å². The summed E-state index contributed by atoms with van der Waals surface area (Å²) in [6.45, 7) is 0. The summed E-state index contributed by atoms with van der Waals surface area (Å²) in [5, 5.41) is -0.418. The molecule has 2 atom stereocenters. The van der Waals surface area contributed by atoms with E-state index >= 15 is 0 Å². The van der Waals surface area contributed by atoms with Crippen molar-refractivity contribution in [1.29, 1.82) is 0 Å². The fraction of sp³-hybridized carbons (Fsp3) is 0.538. The van der Waals surface area contributed by atoms with E-state index in [2.05, 4.69) is 4.98 Å². The number of hydrogen-bond donors (Lipinski definition) is 2. The van der Waals surface area contributed by atoms with Gasteiger partial charge in [-0.05, 0) is 36.4 Å². The van der Waals surface area contributed by atoms with Gasteiger partial charge >= 0.3 is 7.60 Å². The molecule has 0 saturated heterocycles. The lowest BCUT2D eigenvalue weighted by molar-refractivity contribution is 0.108. The van der Waals surface area contributed by atoms with E-state index in [9.17, 15) is 9.36 Å². The minimum atomic E-state index is -4.34. The van der Waals surface area contributed by atoms with Crippen LogP contribution in [0.3, 0.4) is 0 Å². The van der Waals surface area contributed by atoms with Crippen LogP contribution in [0.25, 0.3) is 11.3 Å². The number of alkyl halides is 1. The summed E-state index contributed by atoms with van der Waals surface area (Å²) >= 11 is 13.1. The number of halogens is 2. The Kier molecular flexibility index (Phi) is 4.89. The van der Waals surface area contributed by atoms with Crippen LogP contribution in [0, 0.1) is 5.92 Å². The number of rotatable bonds is 4. The molecule has 3 rings (SSSR count). The second kappa shape index (κ2) is 6.47. The Labute approximate surface area is 145 Å². The highest BCUT2D eigenvalue weighted by Crippen LogP contribution is 2.41. The van der Waals surface area contributed by atoms with Crippen molar-refractivity contribution in [1.82, 2.24) is 4.98 Å². The number of thiazole rings is 1. The van der Waals surface area contributed by atoms with Gasteiger partial charge in [-0.2, -0.15) is 0 Å². The van der Waals surface area contributed by atoms with Crippen molar-refractivity contribution >= 4 is 58.7 Å². The first-order valence-corrected chi connectivity index (χ1v) is 10.5. The summed E-state index contributed by atoms with van der Waals surface area (Å²) in [4.78, 5) is 33.8. The Balaban J connectivity index is 2.19. The van der Waals surface area contributed by atoms with Gasteiger partial charge in [0.05, 0.1) is 15.3 Å². The lowest BCUT2D eigenvalue weighted by Crippen LogP contribution is -2.41. The third-order valence-corrected chi connectivity index (χ3v) is 6.30. The maximum atomic E-state index is 11.4. The van der Waals surface area contributed by atoms with E-state index in [1.54, 1.807) is 0 Å². The van der Waals surface area contributed by atoms with E-state index in [0.717, 1.165) is 42.6 Å². The van der Waals surface area contributed by atoms with Gasteiger partial charge < -0.3 is 14.5 Å². The number of fused-ring (bicyclic) bond motifs is 2. The van der Waals surface area contributed by atoms with E-state index < -0.39 is 24.6 Å². The number of hydrogen-bond acceptors (Lipinski definition) is 5. The largest absolute Gasteiger partial charge is 0.482 e. The lowest BCUT2D eigenvalue weighted by atomic mass is 9.79. The zero-order chi connectivity index (χ0) is 16.8. The summed E-state index contributed by atoms with van der Waals surface area (Å²) in [5.41, 5.74) is 1.08. The fourth-order valence-electron chi connectivity index (χ4n) is 3.05. The molecule has 0 aromatic carbocycles. The molecule has 0 bridgehead atoms. The van der Waals surface area contributed by atoms with Gasteiger partial charge in [-0.3, -0.25) is 9.36 Å². The van der Waals surface area contributed by atoms with Gasteiger partial charge in [0.25, 0.3) is 5.24 Å². The van der Waals surface area contributed by atoms with Crippen molar-refractivity contribution in [2.75, 3.05) is 6.35 Å². The molecule has 6 nitrogen and oxygen atoms in total. The van der Waals surface area contributed by atoms with E-state index in [1.807, 2.05) is 0 Å². The highest BCUT2D eigenvalue weighted by atomic mass is 35.5. The molecular weight excluding hydrogens is 384 g/mol. The monoisotopic (exact) mass is 397 g/mol. The van der Waals surface area contributed by atoms with Crippen molar-refractivity contribution in [3.63, 3.8) is 0 Å². The normalized spacial score (nSPS) is 24.2. The molecule has 2 aliphatic rings. The molecule has 2 N–H and O–H groups in total. The standard InChI is InChI=1S/C13H14Cl2NO5PS/c14-8-6-3-1-2-4-7(6)9-11(23-13(16-9)12(15)17)10(8)21-5-22(18,19)20/h6,8H,1-5H2,(H2,18,19,20). The van der Waals surface area contributed by atoms with Crippen molar-refractivity contribution in [2.24, 2.45) is 5.92 Å². The van der Waals surface area contributed by atoms with Gasteiger partial charge in [-0.25, -0.2) is 4.98 Å². The van der Waals surface area contributed by atoms with Crippen molar-refractivity contribution in [2.45, 2.75) is 31.1 Å². The first kappa shape index (κ1) is 17.4. The quantitative estimate of drug-likeness (QED) is 0.456. The molecule has 0 amide bonds. The zero-order valence-electron chi connectivity index (χ0n) is 11.9. The first-order chi connectivity index (χ1) is 10.8.